The van der Waals surface area contributed by atoms with Crippen molar-refractivity contribution < 1.29 is 14.3 Å². The second-order valence-electron chi connectivity index (χ2n) is 4.40. The van der Waals surface area contributed by atoms with Gasteiger partial charge in [-0.2, -0.15) is 0 Å². The Morgan fingerprint density at radius 1 is 1.42 bits per heavy atom. The minimum absolute atomic E-state index is 0.176. The Morgan fingerprint density at radius 3 is 2.79 bits per heavy atom. The van der Waals surface area contributed by atoms with Crippen molar-refractivity contribution in [2.45, 2.75) is 32.4 Å². The molecule has 2 rings (SSSR count). The summed E-state index contributed by atoms with van der Waals surface area (Å²) < 4.78 is 5.01. The molecule has 0 aliphatic carbocycles. The molecule has 6 heteroatoms. The maximum Gasteiger partial charge on any atom is 0.325 e. The van der Waals surface area contributed by atoms with Gasteiger partial charge in [0.25, 0.3) is 5.91 Å². The number of carbonyl (C=O) groups excluding carboxylic acids is 2. The first-order valence-corrected chi connectivity index (χ1v) is 6.26. The van der Waals surface area contributed by atoms with Crippen LogP contribution in [0.4, 0.5) is 4.79 Å². The molecule has 1 saturated heterocycles. The van der Waals surface area contributed by atoms with Crippen LogP contribution in [0.25, 0.3) is 0 Å². The van der Waals surface area contributed by atoms with Gasteiger partial charge >= 0.3 is 6.03 Å². The third-order valence-electron chi connectivity index (χ3n) is 3.04. The van der Waals surface area contributed by atoms with Gasteiger partial charge in [-0.25, -0.2) is 4.79 Å². The fourth-order valence-electron chi connectivity index (χ4n) is 2.00. The second-order valence-corrected chi connectivity index (χ2v) is 4.40. The number of aromatic nitrogens is 1. The van der Waals surface area contributed by atoms with Crippen molar-refractivity contribution in [1.82, 2.24) is 15.2 Å². The normalized spacial score (nSPS) is 18.6. The molecule has 2 heterocycles. The lowest BCUT2D eigenvalue weighted by molar-refractivity contribution is -0.128. The van der Waals surface area contributed by atoms with Crippen molar-refractivity contribution >= 4 is 11.9 Å². The third kappa shape index (κ3) is 2.83. The number of carbonyl (C=O) groups is 2. The van der Waals surface area contributed by atoms with E-state index in [1.54, 1.807) is 25.4 Å². The summed E-state index contributed by atoms with van der Waals surface area (Å²) in [5.74, 6) is 0.467. The highest BCUT2D eigenvalue weighted by Gasteiger charge is 2.37. The average Bonchev–Trinajstić information content (AvgIpc) is 2.68. The molecule has 19 heavy (non-hydrogen) atoms. The lowest BCUT2D eigenvalue weighted by atomic mass is 10.1. The van der Waals surface area contributed by atoms with E-state index in [1.807, 2.05) is 6.92 Å². The number of nitrogens with one attached hydrogen (secondary N) is 1. The molecule has 0 bridgehead atoms. The van der Waals surface area contributed by atoms with E-state index in [9.17, 15) is 9.59 Å². The fourth-order valence-corrected chi connectivity index (χ4v) is 2.00. The van der Waals surface area contributed by atoms with Crippen molar-refractivity contribution in [3.8, 4) is 5.75 Å². The monoisotopic (exact) mass is 263 g/mol. The number of pyridine rings is 1. The number of amides is 3. The molecular weight excluding hydrogens is 246 g/mol. The van der Waals surface area contributed by atoms with Crippen LogP contribution in [0.2, 0.25) is 0 Å². The minimum atomic E-state index is -0.393. The van der Waals surface area contributed by atoms with Gasteiger partial charge in [-0.1, -0.05) is 13.3 Å². The van der Waals surface area contributed by atoms with Crippen molar-refractivity contribution in [3.05, 3.63) is 24.0 Å². The van der Waals surface area contributed by atoms with Crippen molar-refractivity contribution in [1.29, 1.82) is 0 Å². The van der Waals surface area contributed by atoms with Crippen LogP contribution in [-0.2, 0) is 11.3 Å². The van der Waals surface area contributed by atoms with Crippen LogP contribution in [0, 0.1) is 0 Å². The Bertz CT molecular complexity index is 473. The summed E-state index contributed by atoms with van der Waals surface area (Å²) >= 11 is 0. The van der Waals surface area contributed by atoms with Gasteiger partial charge in [0.2, 0.25) is 0 Å². The van der Waals surface area contributed by atoms with Gasteiger partial charge < -0.3 is 10.1 Å². The number of rotatable bonds is 5. The second kappa shape index (κ2) is 5.69. The van der Waals surface area contributed by atoms with Crippen molar-refractivity contribution in [2.24, 2.45) is 0 Å². The Hall–Kier alpha value is -2.11. The van der Waals surface area contributed by atoms with Gasteiger partial charge in [0.15, 0.2) is 0 Å². The lowest BCUT2D eigenvalue weighted by Gasteiger charge is -2.12. The molecule has 1 aromatic rings. The summed E-state index contributed by atoms with van der Waals surface area (Å²) in [4.78, 5) is 29.1. The highest BCUT2D eigenvalue weighted by molar-refractivity contribution is 6.04. The Balaban J connectivity index is 2.05. The third-order valence-corrected chi connectivity index (χ3v) is 3.04. The molecule has 6 nitrogen and oxygen atoms in total. The smallest absolute Gasteiger partial charge is 0.325 e. The van der Waals surface area contributed by atoms with Crippen LogP contribution in [0.1, 0.15) is 25.5 Å². The van der Waals surface area contributed by atoms with Gasteiger partial charge in [0.1, 0.15) is 11.8 Å². The topological polar surface area (TPSA) is 71.5 Å². The predicted molar refractivity (Wildman–Crippen MR) is 68.6 cm³/mol. The molecule has 102 valence electrons. The zero-order valence-corrected chi connectivity index (χ0v) is 11.0. The number of imide groups is 1. The predicted octanol–water partition coefficient (Wildman–Crippen LogP) is 1.31. The summed E-state index contributed by atoms with van der Waals surface area (Å²) in [6, 6.07) is 2.76. The summed E-state index contributed by atoms with van der Waals surface area (Å²) in [5, 5.41) is 2.68. The maximum absolute atomic E-state index is 12.0. The summed E-state index contributed by atoms with van der Waals surface area (Å²) in [7, 11) is 1.56. The lowest BCUT2D eigenvalue weighted by Crippen LogP contribution is -2.31. The summed E-state index contributed by atoms with van der Waals surface area (Å²) in [6.07, 6.45) is 3.08. The molecule has 1 atom stereocenters. The van der Waals surface area contributed by atoms with Crippen LogP contribution < -0.4 is 10.1 Å². The standard InChI is InChI=1S/C13H17N3O3/c1-3-4-11-12(17)16(13(18)15-11)8-9-5-6-10(19-2)7-14-9/h5-7,11H,3-4,8H2,1-2H3,(H,15,18). The minimum Gasteiger partial charge on any atom is -0.495 e. The Morgan fingerprint density at radius 2 is 2.21 bits per heavy atom. The van der Waals surface area contributed by atoms with Crippen LogP contribution in [0.15, 0.2) is 18.3 Å². The molecule has 3 amide bonds. The van der Waals surface area contributed by atoms with Gasteiger partial charge in [0, 0.05) is 0 Å². The van der Waals surface area contributed by atoms with E-state index in [0.717, 1.165) is 6.42 Å². The number of hydrogen-bond donors (Lipinski definition) is 1. The molecule has 1 aromatic heterocycles. The molecule has 1 aliphatic rings. The zero-order valence-electron chi connectivity index (χ0n) is 11.0. The highest BCUT2D eigenvalue weighted by Crippen LogP contribution is 2.15. The first-order chi connectivity index (χ1) is 9.15. The molecule has 0 spiro atoms. The number of nitrogens with zero attached hydrogens (tertiary/aromatic N) is 2. The van der Waals surface area contributed by atoms with E-state index in [4.69, 9.17) is 4.74 Å². The maximum atomic E-state index is 12.0. The van der Waals surface area contributed by atoms with E-state index in [1.165, 1.54) is 4.90 Å². The highest BCUT2D eigenvalue weighted by atomic mass is 16.5. The van der Waals surface area contributed by atoms with E-state index in [2.05, 4.69) is 10.3 Å². The molecule has 1 aliphatic heterocycles. The molecule has 1 fully saturated rings. The summed E-state index contributed by atoms with van der Waals surface area (Å²) in [5.41, 5.74) is 0.654. The van der Waals surface area contributed by atoms with E-state index >= 15 is 0 Å². The van der Waals surface area contributed by atoms with Crippen LogP contribution in [0.5, 0.6) is 5.75 Å². The molecule has 1 unspecified atom stereocenters. The molecule has 0 saturated carbocycles. The molecule has 1 N–H and O–H groups in total. The fraction of sp³-hybridized carbons (Fsp3) is 0.462. The molecular formula is C13H17N3O3. The van der Waals surface area contributed by atoms with Crippen molar-refractivity contribution in [2.75, 3.05) is 7.11 Å². The number of urea groups is 1. The van der Waals surface area contributed by atoms with Crippen LogP contribution in [0.3, 0.4) is 0 Å². The first kappa shape index (κ1) is 13.3. The largest absolute Gasteiger partial charge is 0.495 e. The Labute approximate surface area is 111 Å². The van der Waals surface area contributed by atoms with Gasteiger partial charge in [0.05, 0.1) is 25.5 Å². The number of hydrogen-bond acceptors (Lipinski definition) is 4. The van der Waals surface area contributed by atoms with Gasteiger partial charge in [-0.3, -0.25) is 14.7 Å². The summed E-state index contributed by atoms with van der Waals surface area (Å²) in [6.45, 7) is 2.17. The molecule has 0 aromatic carbocycles. The number of methoxy groups -OCH3 is 1. The van der Waals surface area contributed by atoms with Crippen molar-refractivity contribution in [3.63, 3.8) is 0 Å². The number of ether oxygens (including phenoxy) is 1. The van der Waals surface area contributed by atoms with E-state index in [-0.39, 0.29) is 18.5 Å². The SMILES string of the molecule is CCCC1NC(=O)N(Cc2ccc(OC)cn2)C1=O. The average molecular weight is 263 g/mol. The quantitative estimate of drug-likeness (QED) is 0.813. The van der Waals surface area contributed by atoms with Gasteiger partial charge in [-0.15, -0.1) is 0 Å². The zero-order chi connectivity index (χ0) is 13.8. The van der Waals surface area contributed by atoms with Crippen LogP contribution >= 0.6 is 0 Å². The Kier molecular flexibility index (Phi) is 3.99. The van der Waals surface area contributed by atoms with Gasteiger partial charge in [-0.05, 0) is 18.6 Å². The van der Waals surface area contributed by atoms with E-state index in [0.29, 0.717) is 17.9 Å². The van der Waals surface area contributed by atoms with E-state index < -0.39 is 6.04 Å². The molecule has 0 radical (unpaired) electrons. The first-order valence-electron chi connectivity index (χ1n) is 6.26. The van der Waals surface area contributed by atoms with Crippen LogP contribution in [-0.4, -0.2) is 35.0 Å².